The van der Waals surface area contributed by atoms with Crippen molar-refractivity contribution in [3.63, 3.8) is 0 Å². The molecular formula is C4H8Na2O6. The van der Waals surface area contributed by atoms with Gasteiger partial charge in [0.1, 0.15) is 0 Å². The predicted octanol–water partition coefficient (Wildman–Crippen LogP) is -6.66. The zero-order chi connectivity index (χ0) is 7.98. The minimum atomic E-state index is -1.22. The van der Waals surface area contributed by atoms with E-state index in [4.69, 9.17) is 10.2 Å². The number of rotatable bonds is 5. The third-order valence-electron chi connectivity index (χ3n) is 0.448. The van der Waals surface area contributed by atoms with E-state index in [0.717, 1.165) is 0 Å². The first-order valence-electron chi connectivity index (χ1n) is 2.31. The SMILES string of the molecule is O=C(O)COOCC(=O)O.[H-].[H-].[Na+].[Na+]. The summed E-state index contributed by atoms with van der Waals surface area (Å²) >= 11 is 0. The Morgan fingerprint density at radius 3 is 1.42 bits per heavy atom. The fourth-order valence-electron chi connectivity index (χ4n) is 0.184. The average Bonchev–Trinajstić information content (AvgIpc) is 1.79. The van der Waals surface area contributed by atoms with E-state index >= 15 is 0 Å². The van der Waals surface area contributed by atoms with Crippen LogP contribution in [0.4, 0.5) is 0 Å². The summed E-state index contributed by atoms with van der Waals surface area (Å²) in [5.41, 5.74) is 0. The van der Waals surface area contributed by atoms with Gasteiger partial charge in [-0.1, -0.05) is 0 Å². The smallest absolute Gasteiger partial charge is 1.00 e. The fraction of sp³-hybridized carbons (Fsp3) is 0.500. The molecule has 0 aromatic rings. The second-order valence-electron chi connectivity index (χ2n) is 1.31. The molecule has 0 radical (unpaired) electrons. The van der Waals surface area contributed by atoms with Gasteiger partial charge in [0, 0.05) is 0 Å². The second kappa shape index (κ2) is 11.9. The number of carbonyl (C=O) groups is 2. The monoisotopic (exact) mass is 198 g/mol. The third kappa shape index (κ3) is 17.1. The Morgan fingerprint density at radius 2 is 1.25 bits per heavy atom. The van der Waals surface area contributed by atoms with Gasteiger partial charge >= 0.3 is 71.1 Å². The minimum Gasteiger partial charge on any atom is -1.00 e. The molecule has 0 aliphatic carbocycles. The number of carboxylic acid groups (broad SMARTS) is 2. The molecule has 0 heterocycles. The molecule has 0 atom stereocenters. The molecule has 0 aliphatic heterocycles. The molecule has 0 saturated carbocycles. The molecule has 6 nitrogen and oxygen atoms in total. The third-order valence-corrected chi connectivity index (χ3v) is 0.448. The Morgan fingerprint density at radius 1 is 1.00 bits per heavy atom. The van der Waals surface area contributed by atoms with Crippen LogP contribution in [0, 0.1) is 0 Å². The van der Waals surface area contributed by atoms with Crippen LogP contribution in [0.15, 0.2) is 0 Å². The summed E-state index contributed by atoms with van der Waals surface area (Å²) in [7, 11) is 0. The summed E-state index contributed by atoms with van der Waals surface area (Å²) < 4.78 is 0. The van der Waals surface area contributed by atoms with Crippen molar-refractivity contribution in [1.29, 1.82) is 0 Å². The number of carboxylic acids is 2. The van der Waals surface area contributed by atoms with Crippen LogP contribution in [-0.2, 0) is 19.4 Å². The van der Waals surface area contributed by atoms with Crippen LogP contribution in [-0.4, -0.2) is 35.4 Å². The first-order valence-corrected chi connectivity index (χ1v) is 2.31. The summed E-state index contributed by atoms with van der Waals surface area (Å²) in [5, 5.41) is 15.9. The maximum atomic E-state index is 9.69. The first kappa shape index (κ1) is 18.6. The van der Waals surface area contributed by atoms with Crippen molar-refractivity contribution >= 4 is 11.9 Å². The molecule has 2 N–H and O–H groups in total. The Labute approximate surface area is 116 Å². The molecule has 0 aliphatic rings. The van der Waals surface area contributed by atoms with Crippen LogP contribution in [0.3, 0.4) is 0 Å². The zero-order valence-corrected chi connectivity index (χ0v) is 10.9. The molecule has 0 aromatic carbocycles. The zero-order valence-electron chi connectivity index (χ0n) is 8.94. The van der Waals surface area contributed by atoms with E-state index in [0.29, 0.717) is 0 Å². The summed E-state index contributed by atoms with van der Waals surface area (Å²) in [5.74, 6) is -2.43. The van der Waals surface area contributed by atoms with Gasteiger partial charge in [-0.25, -0.2) is 19.4 Å². The van der Waals surface area contributed by atoms with Crippen LogP contribution in [0.5, 0.6) is 0 Å². The molecule has 0 bridgehead atoms. The summed E-state index contributed by atoms with van der Waals surface area (Å²) in [6, 6.07) is 0. The van der Waals surface area contributed by atoms with E-state index < -0.39 is 25.2 Å². The van der Waals surface area contributed by atoms with Gasteiger partial charge in [0.25, 0.3) is 0 Å². The Balaban J connectivity index is -0.0000000675. The van der Waals surface area contributed by atoms with E-state index in [1.54, 1.807) is 0 Å². The molecule has 8 heteroatoms. The second-order valence-corrected chi connectivity index (χ2v) is 1.31. The molecule has 12 heavy (non-hydrogen) atoms. The topological polar surface area (TPSA) is 93.1 Å². The number of hydrogen-bond acceptors (Lipinski definition) is 4. The molecule has 0 rings (SSSR count). The Kier molecular flexibility index (Phi) is 18.4. The maximum absolute atomic E-state index is 9.69. The molecule has 0 saturated heterocycles. The molecule has 0 spiro atoms. The van der Waals surface area contributed by atoms with Gasteiger partial charge in [0.2, 0.25) is 0 Å². The van der Waals surface area contributed by atoms with Gasteiger partial charge in [-0.3, -0.25) is 0 Å². The summed E-state index contributed by atoms with van der Waals surface area (Å²) in [4.78, 5) is 27.2. The first-order chi connectivity index (χ1) is 4.63. The molecule has 0 amide bonds. The molecule has 0 fully saturated rings. The van der Waals surface area contributed by atoms with Crippen molar-refractivity contribution in [2.75, 3.05) is 13.2 Å². The van der Waals surface area contributed by atoms with E-state index in [9.17, 15) is 9.59 Å². The fourth-order valence-corrected chi connectivity index (χ4v) is 0.184. The van der Waals surface area contributed by atoms with Crippen molar-refractivity contribution in [2.45, 2.75) is 0 Å². The van der Waals surface area contributed by atoms with E-state index in [2.05, 4.69) is 9.78 Å². The van der Waals surface area contributed by atoms with Crippen LogP contribution >= 0.6 is 0 Å². The van der Waals surface area contributed by atoms with E-state index in [1.165, 1.54) is 0 Å². The van der Waals surface area contributed by atoms with Crippen molar-refractivity contribution in [3.05, 3.63) is 0 Å². The van der Waals surface area contributed by atoms with Crippen LogP contribution in [0.2, 0.25) is 0 Å². The number of hydrogen-bond donors (Lipinski definition) is 2. The van der Waals surface area contributed by atoms with Crippen molar-refractivity contribution < 1.29 is 91.5 Å². The quantitative estimate of drug-likeness (QED) is 0.197. The van der Waals surface area contributed by atoms with E-state index in [1.807, 2.05) is 0 Å². The van der Waals surface area contributed by atoms with Gasteiger partial charge in [0.15, 0.2) is 13.2 Å². The van der Waals surface area contributed by atoms with Crippen molar-refractivity contribution in [1.82, 2.24) is 0 Å². The molecular weight excluding hydrogens is 190 g/mol. The summed E-state index contributed by atoms with van der Waals surface area (Å²) in [6.07, 6.45) is 0. The molecule has 62 valence electrons. The predicted molar refractivity (Wildman–Crippen MR) is 29.4 cm³/mol. The largest absolute Gasteiger partial charge is 1.00 e. The molecule has 0 unspecified atom stereocenters. The van der Waals surface area contributed by atoms with Gasteiger partial charge < -0.3 is 13.1 Å². The van der Waals surface area contributed by atoms with Crippen LogP contribution < -0.4 is 59.1 Å². The van der Waals surface area contributed by atoms with Gasteiger partial charge in [-0.2, -0.15) is 0 Å². The normalized spacial score (nSPS) is 7.67. The van der Waals surface area contributed by atoms with Crippen molar-refractivity contribution in [3.8, 4) is 0 Å². The van der Waals surface area contributed by atoms with Crippen molar-refractivity contribution in [2.24, 2.45) is 0 Å². The minimum absolute atomic E-state index is 0. The van der Waals surface area contributed by atoms with Gasteiger partial charge in [-0.15, -0.1) is 0 Å². The Hall–Kier alpha value is 0.860. The standard InChI is InChI=1S/C4H6O6.2Na.2H/c5-3(6)1-9-10-2-4(7)8;;;;/h1-2H2,(H,5,6)(H,7,8);;;;/q;2*+1;2*-1. The van der Waals surface area contributed by atoms with Crippen LogP contribution in [0.1, 0.15) is 2.85 Å². The molecule has 0 aromatic heterocycles. The number of aliphatic carboxylic acids is 2. The van der Waals surface area contributed by atoms with Crippen LogP contribution in [0.25, 0.3) is 0 Å². The Bertz CT molecular complexity index is 130. The van der Waals surface area contributed by atoms with Gasteiger partial charge in [0.05, 0.1) is 0 Å². The van der Waals surface area contributed by atoms with E-state index in [-0.39, 0.29) is 62.0 Å². The van der Waals surface area contributed by atoms with Gasteiger partial charge in [-0.05, 0) is 0 Å². The average molecular weight is 198 g/mol. The summed E-state index contributed by atoms with van der Waals surface area (Å²) in [6.45, 7) is -1.32. The maximum Gasteiger partial charge on any atom is 1.00 e.